The number of amides is 1. The molecule has 4 nitrogen and oxygen atoms in total. The van der Waals surface area contributed by atoms with Crippen molar-refractivity contribution < 1.29 is 9.53 Å². The fourth-order valence-corrected chi connectivity index (χ4v) is 4.94. The molecule has 130 valence electrons. The number of thioether (sulfide) groups is 1. The van der Waals surface area contributed by atoms with Crippen molar-refractivity contribution in [1.29, 1.82) is 0 Å². The Morgan fingerprint density at radius 1 is 1.24 bits per heavy atom. The van der Waals surface area contributed by atoms with Gasteiger partial charge in [0, 0.05) is 41.5 Å². The van der Waals surface area contributed by atoms with Gasteiger partial charge in [0.15, 0.2) is 0 Å². The minimum atomic E-state index is -0.0334. The van der Waals surface area contributed by atoms with Crippen molar-refractivity contribution in [1.82, 2.24) is 0 Å². The van der Waals surface area contributed by atoms with Crippen LogP contribution >= 0.6 is 11.8 Å². The van der Waals surface area contributed by atoms with Crippen LogP contribution in [0.25, 0.3) is 0 Å². The van der Waals surface area contributed by atoms with E-state index in [4.69, 9.17) is 4.74 Å². The van der Waals surface area contributed by atoms with Gasteiger partial charge in [-0.1, -0.05) is 24.3 Å². The number of fused-ring (bicyclic) bond motifs is 3. The molecule has 2 heterocycles. The Hall–Kier alpha value is -2.14. The van der Waals surface area contributed by atoms with Crippen LogP contribution in [-0.4, -0.2) is 37.1 Å². The largest absolute Gasteiger partial charge is 0.497 e. The first-order valence-corrected chi connectivity index (χ1v) is 9.79. The second kappa shape index (κ2) is 7.00. The monoisotopic (exact) mass is 354 g/mol. The third-order valence-electron chi connectivity index (χ3n) is 5.04. The molecule has 1 amide bonds. The Morgan fingerprint density at radius 3 is 3.00 bits per heavy atom. The Bertz CT molecular complexity index is 780. The minimum absolute atomic E-state index is 0.0334. The molecule has 1 N–H and O–H groups in total. The average Bonchev–Trinajstić information content (AvgIpc) is 2.67. The second-order valence-corrected chi connectivity index (χ2v) is 7.65. The summed E-state index contributed by atoms with van der Waals surface area (Å²) in [4.78, 5) is 15.5. The summed E-state index contributed by atoms with van der Waals surface area (Å²) in [6, 6.07) is 16.3. The van der Waals surface area contributed by atoms with Crippen LogP contribution < -0.4 is 15.0 Å². The number of rotatable bonds is 3. The molecule has 2 aromatic rings. The molecule has 2 aromatic carbocycles. The van der Waals surface area contributed by atoms with Crippen LogP contribution in [0.3, 0.4) is 0 Å². The van der Waals surface area contributed by atoms with Gasteiger partial charge in [0.2, 0.25) is 5.91 Å². The first-order chi connectivity index (χ1) is 12.3. The Kier molecular flexibility index (Phi) is 4.57. The van der Waals surface area contributed by atoms with Crippen molar-refractivity contribution in [2.45, 2.75) is 12.5 Å². The molecule has 2 aliphatic rings. The van der Waals surface area contributed by atoms with Gasteiger partial charge in [0.1, 0.15) is 5.75 Å². The molecular weight excluding hydrogens is 332 g/mol. The highest BCUT2D eigenvalue weighted by Crippen LogP contribution is 2.38. The molecule has 0 aliphatic carbocycles. The van der Waals surface area contributed by atoms with E-state index in [2.05, 4.69) is 34.5 Å². The van der Waals surface area contributed by atoms with Gasteiger partial charge >= 0.3 is 0 Å². The van der Waals surface area contributed by atoms with E-state index in [-0.39, 0.29) is 17.9 Å². The average molecular weight is 354 g/mol. The maximum absolute atomic E-state index is 13.0. The van der Waals surface area contributed by atoms with E-state index in [0.717, 1.165) is 35.9 Å². The third kappa shape index (κ3) is 3.21. The van der Waals surface area contributed by atoms with Crippen LogP contribution in [-0.2, 0) is 11.2 Å². The first kappa shape index (κ1) is 16.3. The summed E-state index contributed by atoms with van der Waals surface area (Å²) >= 11 is 1.95. The zero-order valence-corrected chi connectivity index (χ0v) is 15.1. The Balaban J connectivity index is 1.59. The van der Waals surface area contributed by atoms with E-state index in [9.17, 15) is 4.79 Å². The van der Waals surface area contributed by atoms with Crippen molar-refractivity contribution in [3.63, 3.8) is 0 Å². The number of para-hydroxylation sites is 1. The van der Waals surface area contributed by atoms with Crippen LogP contribution in [0.4, 0.5) is 11.4 Å². The number of nitrogens with zero attached hydrogens (tertiary/aromatic N) is 1. The quantitative estimate of drug-likeness (QED) is 0.917. The van der Waals surface area contributed by atoms with Gasteiger partial charge in [0.05, 0.1) is 13.0 Å². The number of nitrogens with one attached hydrogen (secondary N) is 1. The van der Waals surface area contributed by atoms with Crippen LogP contribution in [0.1, 0.15) is 5.56 Å². The van der Waals surface area contributed by atoms with E-state index in [1.165, 1.54) is 11.3 Å². The van der Waals surface area contributed by atoms with Crippen molar-refractivity contribution in [2.24, 2.45) is 5.92 Å². The van der Waals surface area contributed by atoms with Gasteiger partial charge in [0.25, 0.3) is 0 Å². The molecule has 2 aliphatic heterocycles. The predicted molar refractivity (Wildman–Crippen MR) is 104 cm³/mol. The number of methoxy groups -OCH3 is 1. The molecular formula is C20H22N2O2S. The standard InChI is InChI=1S/C20H22N2O2S/c1-24-16-7-4-6-15(12-16)21-20(23)17-11-14-5-2-3-8-18(14)22-9-10-25-13-19(17)22/h2-8,12,17,19H,9-11,13H2,1H3,(H,21,23). The van der Waals surface area contributed by atoms with Gasteiger partial charge in [-0.2, -0.15) is 11.8 Å². The second-order valence-electron chi connectivity index (χ2n) is 6.50. The lowest BCUT2D eigenvalue weighted by molar-refractivity contribution is -0.120. The fourth-order valence-electron chi connectivity index (χ4n) is 3.80. The number of carbonyl (C=O) groups is 1. The normalized spacial score (nSPS) is 21.9. The number of ether oxygens (including phenoxy) is 1. The van der Waals surface area contributed by atoms with E-state index >= 15 is 0 Å². The molecule has 25 heavy (non-hydrogen) atoms. The third-order valence-corrected chi connectivity index (χ3v) is 6.09. The number of carbonyl (C=O) groups excluding carboxylic acids is 1. The first-order valence-electron chi connectivity index (χ1n) is 8.63. The number of anilines is 2. The smallest absolute Gasteiger partial charge is 0.229 e. The van der Waals surface area contributed by atoms with Crippen molar-refractivity contribution >= 4 is 29.0 Å². The van der Waals surface area contributed by atoms with Crippen LogP contribution in [0.2, 0.25) is 0 Å². The predicted octanol–water partition coefficient (Wildman–Crippen LogP) is 3.43. The lowest BCUT2D eigenvalue weighted by atomic mass is 9.85. The molecule has 0 bridgehead atoms. The molecule has 1 saturated heterocycles. The summed E-state index contributed by atoms with van der Waals surface area (Å²) in [5.74, 6) is 2.94. The lowest BCUT2D eigenvalue weighted by Crippen LogP contribution is -2.53. The van der Waals surface area contributed by atoms with Crippen molar-refractivity contribution in [3.8, 4) is 5.75 Å². The molecule has 5 heteroatoms. The Morgan fingerprint density at radius 2 is 2.12 bits per heavy atom. The molecule has 1 fully saturated rings. The zero-order chi connectivity index (χ0) is 17.2. The van der Waals surface area contributed by atoms with Crippen molar-refractivity contribution in [3.05, 3.63) is 54.1 Å². The van der Waals surface area contributed by atoms with Gasteiger partial charge < -0.3 is 15.0 Å². The Labute approximate surface area is 152 Å². The maximum atomic E-state index is 13.0. The number of hydrogen-bond acceptors (Lipinski definition) is 4. The highest BCUT2D eigenvalue weighted by Gasteiger charge is 2.39. The molecule has 4 rings (SSSR count). The molecule has 0 aromatic heterocycles. The molecule has 2 unspecified atom stereocenters. The molecule has 0 spiro atoms. The summed E-state index contributed by atoms with van der Waals surface area (Å²) in [6.45, 7) is 1.01. The van der Waals surface area contributed by atoms with Gasteiger partial charge in [-0.3, -0.25) is 4.79 Å². The molecule has 0 saturated carbocycles. The molecule has 0 radical (unpaired) electrons. The highest BCUT2D eigenvalue weighted by molar-refractivity contribution is 7.99. The summed E-state index contributed by atoms with van der Waals surface area (Å²) in [5.41, 5.74) is 3.37. The van der Waals surface area contributed by atoms with Gasteiger partial charge in [-0.15, -0.1) is 0 Å². The topological polar surface area (TPSA) is 41.6 Å². The van der Waals surface area contributed by atoms with E-state index in [1.54, 1.807) is 7.11 Å². The minimum Gasteiger partial charge on any atom is -0.497 e. The number of hydrogen-bond donors (Lipinski definition) is 1. The molecule has 2 atom stereocenters. The fraction of sp³-hybridized carbons (Fsp3) is 0.350. The summed E-state index contributed by atoms with van der Waals surface area (Å²) in [6.07, 6.45) is 0.799. The van der Waals surface area contributed by atoms with Crippen LogP contribution in [0.15, 0.2) is 48.5 Å². The zero-order valence-electron chi connectivity index (χ0n) is 14.3. The summed E-state index contributed by atoms with van der Waals surface area (Å²) < 4.78 is 5.25. The highest BCUT2D eigenvalue weighted by atomic mass is 32.2. The maximum Gasteiger partial charge on any atom is 0.229 e. The summed E-state index contributed by atoms with van der Waals surface area (Å²) in [5, 5.41) is 3.10. The lowest BCUT2D eigenvalue weighted by Gasteiger charge is -2.45. The van der Waals surface area contributed by atoms with E-state index < -0.39 is 0 Å². The van der Waals surface area contributed by atoms with E-state index in [1.807, 2.05) is 36.0 Å². The van der Waals surface area contributed by atoms with Crippen molar-refractivity contribution in [2.75, 3.05) is 35.4 Å². The van der Waals surface area contributed by atoms with Crippen LogP contribution in [0.5, 0.6) is 5.75 Å². The summed E-state index contributed by atoms with van der Waals surface area (Å²) in [7, 11) is 1.64. The SMILES string of the molecule is COc1cccc(NC(=O)C2Cc3ccccc3N3CCSCC23)c1. The van der Waals surface area contributed by atoms with Gasteiger partial charge in [-0.25, -0.2) is 0 Å². The van der Waals surface area contributed by atoms with E-state index in [0.29, 0.717) is 0 Å². The van der Waals surface area contributed by atoms with Gasteiger partial charge in [-0.05, 0) is 30.2 Å². The number of benzene rings is 2. The van der Waals surface area contributed by atoms with Crippen LogP contribution in [0, 0.1) is 5.92 Å².